The standard InChI is InChI=1S/C6H4N10/c1-7-3(11-9-1)5-13-15-6(16-14-5)4-8-2-10-12-4/h1-2H,(H,7,9,11)(H,8,10,12). The van der Waals surface area contributed by atoms with Gasteiger partial charge in [0.05, 0.1) is 0 Å². The van der Waals surface area contributed by atoms with Gasteiger partial charge in [0.2, 0.25) is 23.3 Å². The number of H-pyrrole nitrogens is 2. The SMILES string of the molecule is c1nnc(-c2nnc(-c3nnc[nH]3)nn2)[nH]1. The second-order valence-corrected chi connectivity index (χ2v) is 2.72. The summed E-state index contributed by atoms with van der Waals surface area (Å²) in [6.45, 7) is 0. The van der Waals surface area contributed by atoms with Gasteiger partial charge in [-0.2, -0.15) is 0 Å². The molecule has 3 aromatic heterocycles. The molecule has 0 saturated heterocycles. The van der Waals surface area contributed by atoms with E-state index in [2.05, 4.69) is 50.8 Å². The minimum atomic E-state index is 0.265. The van der Waals surface area contributed by atoms with E-state index in [0.717, 1.165) is 0 Å². The van der Waals surface area contributed by atoms with Crippen molar-refractivity contribution < 1.29 is 0 Å². The van der Waals surface area contributed by atoms with E-state index < -0.39 is 0 Å². The van der Waals surface area contributed by atoms with Gasteiger partial charge < -0.3 is 9.97 Å². The van der Waals surface area contributed by atoms with Gasteiger partial charge >= 0.3 is 0 Å². The van der Waals surface area contributed by atoms with E-state index in [1.54, 1.807) is 0 Å². The van der Waals surface area contributed by atoms with Crippen molar-refractivity contribution in [3.05, 3.63) is 12.7 Å². The second kappa shape index (κ2) is 3.42. The molecule has 3 aromatic rings. The lowest BCUT2D eigenvalue weighted by Crippen LogP contribution is -2.01. The van der Waals surface area contributed by atoms with Crippen LogP contribution in [0.3, 0.4) is 0 Å². The van der Waals surface area contributed by atoms with Crippen LogP contribution in [-0.4, -0.2) is 50.8 Å². The van der Waals surface area contributed by atoms with Crippen molar-refractivity contribution in [3.8, 4) is 23.3 Å². The first kappa shape index (κ1) is 8.52. The predicted octanol–water partition coefficient (Wildman–Crippen LogP) is -1.16. The number of aromatic nitrogens is 10. The van der Waals surface area contributed by atoms with Gasteiger partial charge in [-0.05, 0) is 0 Å². The maximum absolute atomic E-state index is 3.83. The van der Waals surface area contributed by atoms with Crippen LogP contribution in [0.1, 0.15) is 0 Å². The van der Waals surface area contributed by atoms with Crippen molar-refractivity contribution in [1.82, 2.24) is 50.8 Å². The smallest absolute Gasteiger partial charge is 0.240 e. The third-order valence-corrected chi connectivity index (χ3v) is 1.74. The lowest BCUT2D eigenvalue weighted by Gasteiger charge is -1.93. The van der Waals surface area contributed by atoms with Crippen molar-refractivity contribution in [2.24, 2.45) is 0 Å². The quantitative estimate of drug-likeness (QED) is 0.547. The average molecular weight is 216 g/mol. The largest absolute Gasteiger partial charge is 0.325 e. The molecular formula is C6H4N10. The summed E-state index contributed by atoms with van der Waals surface area (Å²) in [5.74, 6) is 1.34. The Hall–Kier alpha value is -2.78. The zero-order valence-corrected chi connectivity index (χ0v) is 7.73. The minimum absolute atomic E-state index is 0.265. The summed E-state index contributed by atoms with van der Waals surface area (Å²) in [6.07, 6.45) is 2.84. The highest BCUT2D eigenvalue weighted by Crippen LogP contribution is 2.07. The maximum Gasteiger partial charge on any atom is 0.240 e. The normalized spacial score (nSPS) is 10.5. The highest BCUT2D eigenvalue weighted by atomic mass is 15.3. The summed E-state index contributed by atoms with van der Waals surface area (Å²) < 4.78 is 0. The summed E-state index contributed by atoms with van der Waals surface area (Å²) in [5, 5.41) is 30.0. The molecule has 16 heavy (non-hydrogen) atoms. The Balaban J connectivity index is 1.97. The summed E-state index contributed by atoms with van der Waals surface area (Å²) >= 11 is 0. The Labute approximate surface area is 87.6 Å². The molecular weight excluding hydrogens is 212 g/mol. The van der Waals surface area contributed by atoms with Crippen LogP contribution < -0.4 is 0 Å². The fraction of sp³-hybridized carbons (Fsp3) is 0. The Kier molecular flexibility index (Phi) is 1.82. The van der Waals surface area contributed by atoms with Crippen LogP contribution in [0.4, 0.5) is 0 Å². The van der Waals surface area contributed by atoms with Crippen LogP contribution in [0.2, 0.25) is 0 Å². The van der Waals surface area contributed by atoms with Crippen molar-refractivity contribution in [2.75, 3.05) is 0 Å². The highest BCUT2D eigenvalue weighted by molar-refractivity contribution is 5.43. The van der Waals surface area contributed by atoms with Gasteiger partial charge in [-0.1, -0.05) is 0 Å². The van der Waals surface area contributed by atoms with Gasteiger partial charge in [-0.3, -0.25) is 0 Å². The fourth-order valence-electron chi connectivity index (χ4n) is 1.05. The molecule has 0 spiro atoms. The van der Waals surface area contributed by atoms with Crippen LogP contribution >= 0.6 is 0 Å². The van der Waals surface area contributed by atoms with Gasteiger partial charge in [-0.25, -0.2) is 0 Å². The monoisotopic (exact) mass is 216 g/mol. The van der Waals surface area contributed by atoms with E-state index in [1.165, 1.54) is 12.7 Å². The summed E-state index contributed by atoms with van der Waals surface area (Å²) in [7, 11) is 0. The zero-order valence-electron chi connectivity index (χ0n) is 7.73. The first-order valence-corrected chi connectivity index (χ1v) is 4.24. The molecule has 0 radical (unpaired) electrons. The molecule has 3 heterocycles. The number of nitrogens with one attached hydrogen (secondary N) is 2. The van der Waals surface area contributed by atoms with Crippen LogP contribution in [0.25, 0.3) is 23.3 Å². The molecule has 0 amide bonds. The van der Waals surface area contributed by atoms with E-state index >= 15 is 0 Å². The lowest BCUT2D eigenvalue weighted by atomic mass is 10.6. The zero-order chi connectivity index (χ0) is 10.8. The van der Waals surface area contributed by atoms with Gasteiger partial charge in [0.1, 0.15) is 12.7 Å². The van der Waals surface area contributed by atoms with Crippen molar-refractivity contribution in [3.63, 3.8) is 0 Å². The van der Waals surface area contributed by atoms with E-state index in [-0.39, 0.29) is 11.6 Å². The van der Waals surface area contributed by atoms with Crippen LogP contribution in [0, 0.1) is 0 Å². The molecule has 3 rings (SSSR count). The van der Waals surface area contributed by atoms with E-state index in [1.807, 2.05) is 0 Å². The summed E-state index contributed by atoms with van der Waals surface area (Å²) in [4.78, 5) is 5.49. The first-order chi connectivity index (χ1) is 7.93. The maximum atomic E-state index is 3.83. The van der Waals surface area contributed by atoms with E-state index in [9.17, 15) is 0 Å². The summed E-state index contributed by atoms with van der Waals surface area (Å²) in [6, 6.07) is 0. The molecule has 10 nitrogen and oxygen atoms in total. The Morgan fingerprint density at radius 3 is 1.38 bits per heavy atom. The van der Waals surface area contributed by atoms with Crippen LogP contribution in [-0.2, 0) is 0 Å². The molecule has 0 aliphatic heterocycles. The molecule has 0 bridgehead atoms. The number of nitrogens with zero attached hydrogens (tertiary/aromatic N) is 8. The topological polar surface area (TPSA) is 135 Å². The Bertz CT molecular complexity index is 499. The highest BCUT2D eigenvalue weighted by Gasteiger charge is 2.09. The lowest BCUT2D eigenvalue weighted by molar-refractivity contribution is 0.852. The van der Waals surface area contributed by atoms with Gasteiger partial charge in [0.15, 0.2) is 0 Å². The second-order valence-electron chi connectivity index (χ2n) is 2.72. The van der Waals surface area contributed by atoms with Crippen molar-refractivity contribution in [1.29, 1.82) is 0 Å². The third-order valence-electron chi connectivity index (χ3n) is 1.74. The molecule has 10 heteroatoms. The number of rotatable bonds is 2. The fourth-order valence-corrected chi connectivity index (χ4v) is 1.05. The molecule has 2 N–H and O–H groups in total. The molecule has 78 valence electrons. The molecule has 0 aliphatic carbocycles. The third kappa shape index (κ3) is 1.37. The van der Waals surface area contributed by atoms with Crippen molar-refractivity contribution in [2.45, 2.75) is 0 Å². The first-order valence-electron chi connectivity index (χ1n) is 4.24. The van der Waals surface area contributed by atoms with Gasteiger partial charge in [-0.15, -0.1) is 40.8 Å². The average Bonchev–Trinajstić information content (AvgIpc) is 3.03. The van der Waals surface area contributed by atoms with Gasteiger partial charge in [0, 0.05) is 0 Å². The molecule has 0 saturated carbocycles. The number of hydrogen-bond acceptors (Lipinski definition) is 8. The molecule has 0 aliphatic rings. The molecule has 0 aromatic carbocycles. The van der Waals surface area contributed by atoms with E-state index in [4.69, 9.17) is 0 Å². The predicted molar refractivity (Wildman–Crippen MR) is 48.4 cm³/mol. The van der Waals surface area contributed by atoms with Crippen LogP contribution in [0.15, 0.2) is 12.7 Å². The minimum Gasteiger partial charge on any atom is -0.325 e. The molecule has 0 atom stereocenters. The Morgan fingerprint density at radius 1 is 0.625 bits per heavy atom. The summed E-state index contributed by atoms with van der Waals surface area (Å²) in [5.41, 5.74) is 0. The van der Waals surface area contributed by atoms with Crippen LogP contribution in [0.5, 0.6) is 0 Å². The Morgan fingerprint density at radius 2 is 1.06 bits per heavy atom. The molecule has 0 unspecified atom stereocenters. The van der Waals surface area contributed by atoms with Gasteiger partial charge in [0.25, 0.3) is 0 Å². The van der Waals surface area contributed by atoms with Crippen molar-refractivity contribution >= 4 is 0 Å². The number of aromatic amines is 2. The van der Waals surface area contributed by atoms with E-state index in [0.29, 0.717) is 11.6 Å². The molecule has 0 fully saturated rings. The number of hydrogen-bond donors (Lipinski definition) is 2.